The summed E-state index contributed by atoms with van der Waals surface area (Å²) in [5.41, 5.74) is 3.47. The molecule has 2 heterocycles. The van der Waals surface area contributed by atoms with Gasteiger partial charge in [-0.1, -0.05) is 37.3 Å². The lowest BCUT2D eigenvalue weighted by atomic mass is 9.92. The summed E-state index contributed by atoms with van der Waals surface area (Å²) >= 11 is 0. The zero-order valence-corrected chi connectivity index (χ0v) is 25.8. The largest absolute Gasteiger partial charge is 0.361 e. The van der Waals surface area contributed by atoms with E-state index in [0.29, 0.717) is 12.2 Å². The molecule has 3 N–H and O–H groups in total. The normalized spacial score (nSPS) is 15.7. The Bertz CT molecular complexity index is 1730. The van der Waals surface area contributed by atoms with E-state index in [1.54, 1.807) is 0 Å². The number of nitrogens with zero attached hydrogens (tertiary/aromatic N) is 3. The van der Waals surface area contributed by atoms with Gasteiger partial charge in [-0.15, -0.1) is 0 Å². The first kappa shape index (κ1) is 31.2. The number of aromatic amines is 1. The Morgan fingerprint density at radius 3 is 2.39 bits per heavy atom. The maximum Gasteiger partial charge on any atom is 0.318 e. The van der Waals surface area contributed by atoms with Gasteiger partial charge in [-0.25, -0.2) is 17.6 Å². The predicted octanol–water partition coefficient (Wildman–Crippen LogP) is 4.20. The van der Waals surface area contributed by atoms with Gasteiger partial charge in [0, 0.05) is 61.4 Å². The van der Waals surface area contributed by atoms with Crippen LogP contribution in [0.5, 0.6) is 0 Å². The molecule has 232 valence electrons. The van der Waals surface area contributed by atoms with Gasteiger partial charge in [0.15, 0.2) is 0 Å². The van der Waals surface area contributed by atoms with Crippen LogP contribution in [0, 0.1) is 5.82 Å². The summed E-state index contributed by atoms with van der Waals surface area (Å²) in [5, 5.41) is 6.89. The molecule has 10 nitrogen and oxygen atoms in total. The predicted molar refractivity (Wildman–Crippen MR) is 168 cm³/mol. The fraction of sp³-hybridized carbons (Fsp3) is 0.312. The Balaban J connectivity index is 1.33. The van der Waals surface area contributed by atoms with E-state index in [1.165, 1.54) is 21.3 Å². The van der Waals surface area contributed by atoms with Crippen LogP contribution in [0.25, 0.3) is 10.9 Å². The van der Waals surface area contributed by atoms with Crippen molar-refractivity contribution >= 4 is 38.6 Å². The summed E-state index contributed by atoms with van der Waals surface area (Å²) in [7, 11) is 0.103. The minimum Gasteiger partial charge on any atom is -0.361 e. The molecular weight excluding hydrogens is 583 g/mol. The summed E-state index contributed by atoms with van der Waals surface area (Å²) in [6, 6.07) is 18.7. The van der Waals surface area contributed by atoms with E-state index in [0.717, 1.165) is 34.2 Å². The summed E-state index contributed by atoms with van der Waals surface area (Å²) in [5.74, 6) is -1.29. The van der Waals surface area contributed by atoms with Crippen LogP contribution in [-0.2, 0) is 21.4 Å². The number of urea groups is 1. The topological polar surface area (TPSA) is 118 Å². The monoisotopic (exact) mass is 620 g/mol. The molecule has 1 aromatic heterocycles. The molecular formula is C32H37FN6O4S. The van der Waals surface area contributed by atoms with Gasteiger partial charge in [0.25, 0.3) is 0 Å². The number of hydrogen-bond donors (Lipinski definition) is 3. The van der Waals surface area contributed by atoms with E-state index in [-0.39, 0.29) is 37.0 Å². The number of sulfonamides is 1. The van der Waals surface area contributed by atoms with E-state index >= 15 is 0 Å². The molecule has 0 saturated carbocycles. The van der Waals surface area contributed by atoms with Crippen molar-refractivity contribution in [3.05, 3.63) is 95.9 Å². The van der Waals surface area contributed by atoms with Crippen molar-refractivity contribution in [3.8, 4) is 0 Å². The number of nitrogens with one attached hydrogen (secondary N) is 3. The molecule has 3 amide bonds. The first-order valence-corrected chi connectivity index (χ1v) is 15.9. The number of piperazine rings is 1. The van der Waals surface area contributed by atoms with Crippen LogP contribution >= 0.6 is 0 Å². The SMILES string of the molecule is C[C@@H](c1c[nH]c2ccccc12)[C@@H](NC(=O)N1CCN(S(=O)(=O)c2ccc(F)cc2)CC1)C(=O)Nc1cccc(CN(C)C)c1. The summed E-state index contributed by atoms with van der Waals surface area (Å²) in [6.07, 6.45) is 1.86. The summed E-state index contributed by atoms with van der Waals surface area (Å²) < 4.78 is 40.7. The number of benzene rings is 3. The number of H-pyrrole nitrogens is 1. The van der Waals surface area contributed by atoms with E-state index < -0.39 is 33.8 Å². The Hall–Kier alpha value is -4.26. The molecule has 1 fully saturated rings. The second-order valence-corrected chi connectivity index (χ2v) is 13.2. The zero-order valence-electron chi connectivity index (χ0n) is 25.0. The van der Waals surface area contributed by atoms with Gasteiger partial charge in [0.05, 0.1) is 4.90 Å². The van der Waals surface area contributed by atoms with Crippen molar-refractivity contribution in [2.75, 3.05) is 45.6 Å². The van der Waals surface area contributed by atoms with E-state index in [1.807, 2.05) is 80.6 Å². The fourth-order valence-corrected chi connectivity index (χ4v) is 6.93. The number of anilines is 1. The molecule has 0 radical (unpaired) electrons. The lowest BCUT2D eigenvalue weighted by molar-refractivity contribution is -0.118. The van der Waals surface area contributed by atoms with E-state index in [4.69, 9.17) is 0 Å². The average molecular weight is 621 g/mol. The highest BCUT2D eigenvalue weighted by atomic mass is 32.2. The van der Waals surface area contributed by atoms with Crippen molar-refractivity contribution in [2.24, 2.45) is 0 Å². The number of amides is 3. The van der Waals surface area contributed by atoms with Gasteiger partial charge in [-0.3, -0.25) is 4.79 Å². The lowest BCUT2D eigenvalue weighted by Crippen LogP contribution is -2.56. The third kappa shape index (κ3) is 6.93. The van der Waals surface area contributed by atoms with Crippen LogP contribution in [0.3, 0.4) is 0 Å². The molecule has 12 heteroatoms. The number of carbonyl (C=O) groups excluding carboxylic acids is 2. The number of hydrogen-bond acceptors (Lipinski definition) is 5. The van der Waals surface area contributed by atoms with Crippen LogP contribution in [-0.4, -0.2) is 85.8 Å². The Morgan fingerprint density at radius 2 is 1.68 bits per heavy atom. The number of rotatable bonds is 9. The molecule has 0 spiro atoms. The highest BCUT2D eigenvalue weighted by Crippen LogP contribution is 2.29. The number of aromatic nitrogens is 1. The van der Waals surface area contributed by atoms with E-state index in [9.17, 15) is 22.4 Å². The van der Waals surface area contributed by atoms with Gasteiger partial charge in [-0.05, 0) is 67.7 Å². The summed E-state index contributed by atoms with van der Waals surface area (Å²) in [4.78, 5) is 34.2. The molecule has 5 rings (SSSR count). The quantitative estimate of drug-likeness (QED) is 0.259. The van der Waals surface area contributed by atoms with Gasteiger partial charge in [0.1, 0.15) is 11.9 Å². The molecule has 1 saturated heterocycles. The van der Waals surface area contributed by atoms with Crippen LogP contribution in [0.4, 0.5) is 14.9 Å². The molecule has 2 atom stereocenters. The highest BCUT2D eigenvalue weighted by Gasteiger charge is 2.34. The van der Waals surface area contributed by atoms with Crippen molar-refractivity contribution in [2.45, 2.75) is 30.3 Å². The second-order valence-electron chi connectivity index (χ2n) is 11.3. The maximum absolute atomic E-state index is 13.8. The van der Waals surface area contributed by atoms with Gasteiger partial charge >= 0.3 is 6.03 Å². The van der Waals surface area contributed by atoms with Crippen LogP contribution < -0.4 is 10.6 Å². The Kier molecular flexibility index (Phi) is 9.33. The van der Waals surface area contributed by atoms with Crippen LogP contribution in [0.2, 0.25) is 0 Å². The first-order valence-electron chi connectivity index (χ1n) is 14.4. The molecule has 0 bridgehead atoms. The Labute approximate surface area is 256 Å². The zero-order chi connectivity index (χ0) is 31.4. The van der Waals surface area contributed by atoms with Crippen molar-refractivity contribution in [1.82, 2.24) is 24.4 Å². The number of para-hydroxylation sites is 1. The molecule has 1 aliphatic heterocycles. The van der Waals surface area contributed by atoms with Crippen molar-refractivity contribution in [3.63, 3.8) is 0 Å². The number of halogens is 1. The fourth-order valence-electron chi connectivity index (χ4n) is 5.51. The molecule has 3 aromatic carbocycles. The highest BCUT2D eigenvalue weighted by molar-refractivity contribution is 7.89. The number of carbonyl (C=O) groups is 2. The second kappa shape index (κ2) is 13.2. The lowest BCUT2D eigenvalue weighted by Gasteiger charge is -2.35. The maximum atomic E-state index is 13.8. The number of fused-ring (bicyclic) bond motifs is 1. The first-order chi connectivity index (χ1) is 21.0. The summed E-state index contributed by atoms with van der Waals surface area (Å²) in [6.45, 7) is 3.01. The molecule has 4 aromatic rings. The van der Waals surface area contributed by atoms with Crippen molar-refractivity contribution < 1.29 is 22.4 Å². The standard InChI is InChI=1S/C32H37FN6O4S/c1-22(28-20-34-29-10-5-4-9-27(28)29)30(31(40)35-25-8-6-7-23(19-25)21-37(2)3)36-32(41)38-15-17-39(18-16-38)44(42,43)26-13-11-24(33)12-14-26/h4-14,19-20,22,30,34H,15-18,21H2,1-3H3,(H,35,40)(H,36,41)/t22-,30+/m0/s1. The minimum atomic E-state index is -3.84. The molecule has 0 aliphatic carbocycles. The Morgan fingerprint density at radius 1 is 0.977 bits per heavy atom. The van der Waals surface area contributed by atoms with Gasteiger partial charge in [0.2, 0.25) is 15.9 Å². The molecule has 0 unspecified atom stereocenters. The van der Waals surface area contributed by atoms with E-state index in [2.05, 4.69) is 15.6 Å². The van der Waals surface area contributed by atoms with Crippen molar-refractivity contribution in [1.29, 1.82) is 0 Å². The third-order valence-electron chi connectivity index (χ3n) is 7.84. The molecule has 1 aliphatic rings. The molecule has 44 heavy (non-hydrogen) atoms. The third-order valence-corrected chi connectivity index (χ3v) is 9.76. The van der Waals surface area contributed by atoms with Crippen LogP contribution in [0.1, 0.15) is 24.0 Å². The van der Waals surface area contributed by atoms with Gasteiger partial charge in [-0.2, -0.15) is 4.31 Å². The minimum absolute atomic E-state index is 0.00394. The smallest absolute Gasteiger partial charge is 0.318 e. The average Bonchev–Trinajstić information content (AvgIpc) is 3.44. The van der Waals surface area contributed by atoms with Crippen LogP contribution in [0.15, 0.2) is 83.9 Å². The van der Waals surface area contributed by atoms with Gasteiger partial charge < -0.3 is 25.4 Å².